The van der Waals surface area contributed by atoms with Crippen LogP contribution in [0.25, 0.3) is 10.8 Å². The van der Waals surface area contributed by atoms with Gasteiger partial charge in [0, 0.05) is 6.20 Å². The molecule has 0 aliphatic heterocycles. The second kappa shape index (κ2) is 6.85. The highest BCUT2D eigenvalue weighted by molar-refractivity contribution is 7.92. The fourth-order valence-corrected chi connectivity index (χ4v) is 3.96. The maximum atomic E-state index is 13.0. The summed E-state index contributed by atoms with van der Waals surface area (Å²) in [6.07, 6.45) is 3.08. The molecule has 3 aromatic carbocycles. The summed E-state index contributed by atoms with van der Waals surface area (Å²) in [5.41, 5.74) is 1.43. The van der Waals surface area contributed by atoms with E-state index in [9.17, 15) is 12.8 Å². The lowest BCUT2D eigenvalue weighted by Gasteiger charge is -2.07. The van der Waals surface area contributed by atoms with Gasteiger partial charge in [0.05, 0.1) is 23.3 Å². The molecule has 0 spiro atoms. The average molecular weight is 381 g/mol. The van der Waals surface area contributed by atoms with Gasteiger partial charge < -0.3 is 0 Å². The second-order valence-corrected chi connectivity index (χ2v) is 7.81. The van der Waals surface area contributed by atoms with Gasteiger partial charge in [0.2, 0.25) is 0 Å². The van der Waals surface area contributed by atoms with Gasteiger partial charge in [-0.25, -0.2) is 12.8 Å². The van der Waals surface area contributed by atoms with Crippen molar-refractivity contribution < 1.29 is 12.8 Å². The molecule has 0 fully saturated rings. The molecule has 1 N–H and O–H groups in total. The van der Waals surface area contributed by atoms with Gasteiger partial charge >= 0.3 is 0 Å². The predicted octanol–water partition coefficient (Wildman–Crippen LogP) is 4.02. The molecule has 4 aromatic rings. The number of nitrogens with one attached hydrogen (secondary N) is 1. The molecule has 5 nitrogen and oxygen atoms in total. The minimum atomic E-state index is -3.79. The van der Waals surface area contributed by atoms with E-state index in [2.05, 4.69) is 9.82 Å². The van der Waals surface area contributed by atoms with Crippen LogP contribution in [0.2, 0.25) is 0 Å². The molecule has 1 aromatic heterocycles. The lowest BCUT2D eigenvalue weighted by molar-refractivity contribution is 0.599. The van der Waals surface area contributed by atoms with Crippen LogP contribution in [-0.2, 0) is 16.6 Å². The van der Waals surface area contributed by atoms with Crippen molar-refractivity contribution in [3.8, 4) is 0 Å². The molecule has 0 saturated carbocycles. The van der Waals surface area contributed by atoms with Crippen molar-refractivity contribution in [3.63, 3.8) is 0 Å². The van der Waals surface area contributed by atoms with Gasteiger partial charge in [-0.05, 0) is 40.6 Å². The molecule has 0 aliphatic carbocycles. The van der Waals surface area contributed by atoms with Crippen molar-refractivity contribution in [1.29, 1.82) is 0 Å². The Morgan fingerprint density at radius 1 is 0.963 bits per heavy atom. The van der Waals surface area contributed by atoms with E-state index in [0.717, 1.165) is 28.5 Å². The minimum Gasteiger partial charge on any atom is -0.276 e. The summed E-state index contributed by atoms with van der Waals surface area (Å²) in [5, 5.41) is 6.51. The van der Waals surface area contributed by atoms with E-state index >= 15 is 0 Å². The highest BCUT2D eigenvalue weighted by atomic mass is 32.2. The van der Waals surface area contributed by atoms with E-state index in [1.165, 1.54) is 18.3 Å². The van der Waals surface area contributed by atoms with Crippen LogP contribution >= 0.6 is 0 Å². The van der Waals surface area contributed by atoms with Crippen molar-refractivity contribution in [2.24, 2.45) is 0 Å². The number of fused-ring (bicyclic) bond motifs is 1. The Morgan fingerprint density at radius 3 is 2.52 bits per heavy atom. The van der Waals surface area contributed by atoms with Gasteiger partial charge in [0.25, 0.3) is 10.0 Å². The fourth-order valence-electron chi connectivity index (χ4n) is 2.94. The Balaban J connectivity index is 1.56. The fraction of sp³-hybridized carbons (Fsp3) is 0.0500. The molecule has 0 aliphatic rings. The monoisotopic (exact) mass is 381 g/mol. The zero-order valence-electron chi connectivity index (χ0n) is 14.2. The zero-order chi connectivity index (χ0) is 18.9. The summed E-state index contributed by atoms with van der Waals surface area (Å²) in [7, 11) is -3.79. The summed E-state index contributed by atoms with van der Waals surface area (Å²) in [6.45, 7) is 0.514. The SMILES string of the molecule is O=S(=O)(Nc1cnn(Cc2cccc3ccccc23)c1)c1ccc(F)cc1. The van der Waals surface area contributed by atoms with E-state index in [1.54, 1.807) is 10.9 Å². The van der Waals surface area contributed by atoms with Gasteiger partial charge in [-0.15, -0.1) is 0 Å². The van der Waals surface area contributed by atoms with Crippen molar-refractivity contribution >= 4 is 26.5 Å². The highest BCUT2D eigenvalue weighted by Crippen LogP contribution is 2.20. The number of hydrogen-bond donors (Lipinski definition) is 1. The number of aromatic nitrogens is 2. The first-order valence-corrected chi connectivity index (χ1v) is 9.77. The van der Waals surface area contributed by atoms with E-state index in [4.69, 9.17) is 0 Å². The number of halogens is 1. The summed E-state index contributed by atoms with van der Waals surface area (Å²) in [6, 6.07) is 18.8. The molecule has 0 amide bonds. The largest absolute Gasteiger partial charge is 0.276 e. The van der Waals surface area contributed by atoms with Crippen LogP contribution in [0, 0.1) is 5.82 Å². The molecule has 0 unspecified atom stereocenters. The first-order valence-electron chi connectivity index (χ1n) is 8.29. The standard InChI is InChI=1S/C20H16FN3O2S/c21-17-8-10-19(11-9-17)27(25,26)23-18-12-22-24(14-18)13-16-6-3-5-15-4-1-2-7-20(15)16/h1-12,14,23H,13H2. The van der Waals surface area contributed by atoms with Gasteiger partial charge in [0.1, 0.15) is 5.82 Å². The molecule has 136 valence electrons. The molecule has 7 heteroatoms. The van der Waals surface area contributed by atoms with Crippen molar-refractivity contribution in [1.82, 2.24) is 9.78 Å². The van der Waals surface area contributed by atoms with E-state index in [-0.39, 0.29) is 4.90 Å². The lowest BCUT2D eigenvalue weighted by atomic mass is 10.0. The smallest absolute Gasteiger partial charge is 0.261 e. The number of hydrogen-bond acceptors (Lipinski definition) is 3. The van der Waals surface area contributed by atoms with E-state index in [1.807, 2.05) is 42.5 Å². The first-order chi connectivity index (χ1) is 13.0. The second-order valence-electron chi connectivity index (χ2n) is 6.12. The highest BCUT2D eigenvalue weighted by Gasteiger charge is 2.15. The first kappa shape index (κ1) is 17.2. The number of nitrogens with zero attached hydrogens (tertiary/aromatic N) is 2. The number of benzene rings is 3. The molecule has 0 saturated heterocycles. The van der Waals surface area contributed by atoms with Gasteiger partial charge in [-0.2, -0.15) is 5.10 Å². The third kappa shape index (κ3) is 3.68. The molecule has 27 heavy (non-hydrogen) atoms. The van der Waals surface area contributed by atoms with E-state index in [0.29, 0.717) is 12.2 Å². The van der Waals surface area contributed by atoms with Crippen LogP contribution in [0.1, 0.15) is 5.56 Å². The van der Waals surface area contributed by atoms with Crippen LogP contribution < -0.4 is 4.72 Å². The van der Waals surface area contributed by atoms with Crippen LogP contribution in [0.15, 0.2) is 84.0 Å². The van der Waals surface area contributed by atoms with Crippen molar-refractivity contribution in [3.05, 3.63) is 90.5 Å². The van der Waals surface area contributed by atoms with Crippen LogP contribution in [-0.4, -0.2) is 18.2 Å². The molecular formula is C20H16FN3O2S. The molecule has 0 radical (unpaired) electrons. The number of rotatable bonds is 5. The van der Waals surface area contributed by atoms with Crippen LogP contribution in [0.5, 0.6) is 0 Å². The quantitative estimate of drug-likeness (QED) is 0.568. The number of anilines is 1. The van der Waals surface area contributed by atoms with Gasteiger partial charge in [-0.1, -0.05) is 42.5 Å². The van der Waals surface area contributed by atoms with Gasteiger partial charge in [0.15, 0.2) is 0 Å². The Bertz CT molecular complexity index is 1200. The summed E-state index contributed by atoms with van der Waals surface area (Å²) < 4.78 is 41.9. The van der Waals surface area contributed by atoms with Gasteiger partial charge in [-0.3, -0.25) is 9.40 Å². The Morgan fingerprint density at radius 2 is 1.70 bits per heavy atom. The lowest BCUT2D eigenvalue weighted by Crippen LogP contribution is -2.12. The van der Waals surface area contributed by atoms with Crippen LogP contribution in [0.4, 0.5) is 10.1 Å². The molecule has 0 bridgehead atoms. The summed E-state index contributed by atoms with van der Waals surface area (Å²) in [5.74, 6) is -0.489. The molecule has 1 heterocycles. The summed E-state index contributed by atoms with van der Waals surface area (Å²) in [4.78, 5) is -0.00861. The van der Waals surface area contributed by atoms with Crippen LogP contribution in [0.3, 0.4) is 0 Å². The Hall–Kier alpha value is -3.19. The zero-order valence-corrected chi connectivity index (χ0v) is 15.0. The Kier molecular flexibility index (Phi) is 4.37. The van der Waals surface area contributed by atoms with Crippen molar-refractivity contribution in [2.45, 2.75) is 11.4 Å². The topological polar surface area (TPSA) is 64.0 Å². The van der Waals surface area contributed by atoms with E-state index < -0.39 is 15.8 Å². The number of sulfonamides is 1. The molecule has 0 atom stereocenters. The normalized spacial score (nSPS) is 11.6. The molecular weight excluding hydrogens is 365 g/mol. The maximum Gasteiger partial charge on any atom is 0.261 e. The third-order valence-corrected chi connectivity index (χ3v) is 5.62. The van der Waals surface area contributed by atoms with Crippen molar-refractivity contribution in [2.75, 3.05) is 4.72 Å². The third-order valence-electron chi connectivity index (χ3n) is 4.22. The summed E-state index contributed by atoms with van der Waals surface area (Å²) >= 11 is 0. The molecule has 4 rings (SSSR count). The Labute approximate surface area is 156 Å². The minimum absolute atomic E-state index is 0.00861. The predicted molar refractivity (Wildman–Crippen MR) is 102 cm³/mol. The maximum absolute atomic E-state index is 13.0. The average Bonchev–Trinajstić information content (AvgIpc) is 3.08.